The van der Waals surface area contributed by atoms with Crippen molar-refractivity contribution < 1.29 is 31.1 Å². The van der Waals surface area contributed by atoms with Gasteiger partial charge in [-0.2, -0.15) is 13.2 Å². The van der Waals surface area contributed by atoms with E-state index in [9.17, 15) is 26.4 Å². The summed E-state index contributed by atoms with van der Waals surface area (Å²) in [6, 6.07) is 18.5. The summed E-state index contributed by atoms with van der Waals surface area (Å²) < 4.78 is 68.5. The monoisotopic (exact) mass is 463 g/mol. The highest BCUT2D eigenvalue weighted by molar-refractivity contribution is 7.91. The summed E-state index contributed by atoms with van der Waals surface area (Å²) in [5, 5.41) is 2.64. The summed E-state index contributed by atoms with van der Waals surface area (Å²) in [7, 11) is -3.43. The van der Waals surface area contributed by atoms with Crippen LogP contribution in [0.1, 0.15) is 22.3 Å². The van der Waals surface area contributed by atoms with Crippen LogP contribution in [0.2, 0.25) is 0 Å². The van der Waals surface area contributed by atoms with Gasteiger partial charge in [-0.05, 0) is 55.0 Å². The molecule has 0 aliphatic carbocycles. The number of alkyl halides is 3. The van der Waals surface area contributed by atoms with Gasteiger partial charge >= 0.3 is 6.18 Å². The molecule has 3 rings (SSSR count). The van der Waals surface area contributed by atoms with E-state index in [0.29, 0.717) is 0 Å². The predicted octanol–water partition coefficient (Wildman–Crippen LogP) is 5.09. The highest BCUT2D eigenvalue weighted by Crippen LogP contribution is 2.32. The maximum absolute atomic E-state index is 12.8. The molecule has 0 aliphatic heterocycles. The number of hydrogen-bond donors (Lipinski definition) is 1. The maximum atomic E-state index is 12.8. The molecule has 5 nitrogen and oxygen atoms in total. The Morgan fingerprint density at radius 3 is 2.22 bits per heavy atom. The van der Waals surface area contributed by atoms with Gasteiger partial charge in [0.05, 0.1) is 16.2 Å². The largest absolute Gasteiger partial charge is 0.457 e. The number of carbonyl (C=O) groups excluding carboxylic acids is 1. The molecule has 0 saturated carbocycles. The van der Waals surface area contributed by atoms with Gasteiger partial charge in [0.15, 0.2) is 9.84 Å². The molecule has 3 aromatic carbocycles. The van der Waals surface area contributed by atoms with Crippen LogP contribution in [-0.2, 0) is 16.0 Å². The third kappa shape index (κ3) is 6.34. The molecular formula is C23H20F3NO4S. The van der Waals surface area contributed by atoms with Crippen LogP contribution in [0.25, 0.3) is 0 Å². The van der Waals surface area contributed by atoms with Crippen molar-refractivity contribution in [2.45, 2.75) is 17.5 Å². The number of halogens is 3. The van der Waals surface area contributed by atoms with E-state index >= 15 is 0 Å². The summed E-state index contributed by atoms with van der Waals surface area (Å²) >= 11 is 0. The second-order valence-corrected chi connectivity index (χ2v) is 9.01. The zero-order chi connectivity index (χ0) is 23.2. The second kappa shape index (κ2) is 9.86. The van der Waals surface area contributed by atoms with Crippen LogP contribution in [0.3, 0.4) is 0 Å². The lowest BCUT2D eigenvalue weighted by Crippen LogP contribution is -2.26. The van der Waals surface area contributed by atoms with Gasteiger partial charge in [0.2, 0.25) is 0 Å². The summed E-state index contributed by atoms with van der Waals surface area (Å²) in [5.74, 6) is -0.376. The van der Waals surface area contributed by atoms with E-state index in [-0.39, 0.29) is 40.7 Å². The van der Waals surface area contributed by atoms with Crippen molar-refractivity contribution in [1.29, 1.82) is 0 Å². The van der Waals surface area contributed by atoms with Gasteiger partial charge in [0, 0.05) is 12.1 Å². The minimum absolute atomic E-state index is 0.0106. The van der Waals surface area contributed by atoms with Crippen molar-refractivity contribution in [1.82, 2.24) is 5.32 Å². The third-order valence-electron chi connectivity index (χ3n) is 4.47. The Labute approximate surface area is 183 Å². The zero-order valence-electron chi connectivity index (χ0n) is 16.8. The lowest BCUT2D eigenvalue weighted by Gasteiger charge is -2.11. The number of rotatable bonds is 8. The van der Waals surface area contributed by atoms with Gasteiger partial charge in [-0.15, -0.1) is 0 Å². The molecule has 0 atom stereocenters. The first-order valence-corrected chi connectivity index (χ1v) is 11.3. The van der Waals surface area contributed by atoms with Crippen LogP contribution in [0, 0.1) is 0 Å². The van der Waals surface area contributed by atoms with Crippen molar-refractivity contribution in [2.24, 2.45) is 0 Å². The molecule has 0 bridgehead atoms. The van der Waals surface area contributed by atoms with E-state index in [0.717, 1.165) is 12.1 Å². The number of sulfone groups is 1. The molecule has 1 N–H and O–H groups in total. The fraction of sp³-hybridized carbons (Fsp3) is 0.174. The highest BCUT2D eigenvalue weighted by atomic mass is 32.2. The number of benzene rings is 3. The van der Waals surface area contributed by atoms with E-state index in [1.54, 1.807) is 18.2 Å². The highest BCUT2D eigenvalue weighted by Gasteiger charge is 2.30. The Balaban J connectivity index is 1.56. The topological polar surface area (TPSA) is 72.5 Å². The molecule has 0 aliphatic rings. The molecule has 0 spiro atoms. The third-order valence-corrected chi connectivity index (χ3v) is 6.29. The minimum atomic E-state index is -4.49. The zero-order valence-corrected chi connectivity index (χ0v) is 17.6. The summed E-state index contributed by atoms with van der Waals surface area (Å²) in [5.41, 5.74) is -0.602. The average Bonchev–Trinajstić information content (AvgIpc) is 2.77. The van der Waals surface area contributed by atoms with Gasteiger partial charge in [-0.25, -0.2) is 8.42 Å². The van der Waals surface area contributed by atoms with Crippen LogP contribution in [0.15, 0.2) is 83.8 Å². The Morgan fingerprint density at radius 1 is 0.875 bits per heavy atom. The smallest absolute Gasteiger partial charge is 0.416 e. The Hall–Kier alpha value is -3.33. The fourth-order valence-corrected chi connectivity index (χ4v) is 4.22. The van der Waals surface area contributed by atoms with Crippen LogP contribution >= 0.6 is 0 Å². The Morgan fingerprint density at radius 2 is 1.53 bits per heavy atom. The van der Waals surface area contributed by atoms with Crippen molar-refractivity contribution in [3.8, 4) is 11.5 Å². The first-order chi connectivity index (χ1) is 15.1. The number of amides is 1. The van der Waals surface area contributed by atoms with Crippen LogP contribution in [0.5, 0.6) is 11.5 Å². The van der Waals surface area contributed by atoms with Gasteiger partial charge in [-0.1, -0.05) is 30.3 Å². The van der Waals surface area contributed by atoms with Crippen molar-refractivity contribution in [3.05, 3.63) is 90.0 Å². The molecule has 168 valence electrons. The molecule has 0 aromatic heterocycles. The molecule has 0 radical (unpaired) electrons. The lowest BCUT2D eigenvalue weighted by molar-refractivity contribution is -0.137. The van der Waals surface area contributed by atoms with Gasteiger partial charge in [-0.3, -0.25) is 4.79 Å². The van der Waals surface area contributed by atoms with Gasteiger partial charge in [0.25, 0.3) is 5.91 Å². The standard InChI is InChI=1S/C23H20F3NO4S/c24-23(25,26)18-8-5-10-20(16-18)31-19-9-4-7-17(15-19)22(28)27-13-6-14-32(29,30)21-11-2-1-3-12-21/h1-5,7-12,15-16H,6,13-14H2,(H,27,28). The fourth-order valence-electron chi connectivity index (χ4n) is 2.88. The van der Waals surface area contributed by atoms with Crippen LogP contribution < -0.4 is 10.1 Å². The van der Waals surface area contributed by atoms with Crippen molar-refractivity contribution in [2.75, 3.05) is 12.3 Å². The predicted molar refractivity (Wildman–Crippen MR) is 113 cm³/mol. The van der Waals surface area contributed by atoms with E-state index in [4.69, 9.17) is 4.74 Å². The number of hydrogen-bond acceptors (Lipinski definition) is 4. The minimum Gasteiger partial charge on any atom is -0.457 e. The Bertz CT molecular complexity index is 1180. The van der Waals surface area contributed by atoms with Crippen LogP contribution in [-0.4, -0.2) is 26.6 Å². The van der Waals surface area contributed by atoms with Crippen molar-refractivity contribution in [3.63, 3.8) is 0 Å². The molecule has 0 heterocycles. The van der Waals surface area contributed by atoms with Crippen LogP contribution in [0.4, 0.5) is 13.2 Å². The maximum Gasteiger partial charge on any atom is 0.416 e. The molecule has 0 saturated heterocycles. The molecule has 32 heavy (non-hydrogen) atoms. The molecule has 1 amide bonds. The molecule has 0 fully saturated rings. The van der Waals surface area contributed by atoms with Gasteiger partial charge < -0.3 is 10.1 Å². The SMILES string of the molecule is O=C(NCCCS(=O)(=O)c1ccccc1)c1cccc(Oc2cccc(C(F)(F)F)c2)c1. The quantitative estimate of drug-likeness (QED) is 0.472. The molecular weight excluding hydrogens is 443 g/mol. The first kappa shape index (κ1) is 23.3. The van der Waals surface area contributed by atoms with E-state index in [1.165, 1.54) is 48.5 Å². The number of carbonyl (C=O) groups is 1. The van der Waals surface area contributed by atoms with E-state index in [2.05, 4.69) is 5.32 Å². The van der Waals surface area contributed by atoms with Gasteiger partial charge in [0.1, 0.15) is 11.5 Å². The normalized spacial score (nSPS) is 11.7. The van der Waals surface area contributed by atoms with E-state index < -0.39 is 27.5 Å². The molecule has 3 aromatic rings. The lowest BCUT2D eigenvalue weighted by atomic mass is 10.2. The molecule has 9 heteroatoms. The second-order valence-electron chi connectivity index (χ2n) is 6.90. The first-order valence-electron chi connectivity index (χ1n) is 9.66. The average molecular weight is 463 g/mol. The van der Waals surface area contributed by atoms with Crippen molar-refractivity contribution >= 4 is 15.7 Å². The Kier molecular flexibility index (Phi) is 7.19. The summed E-state index contributed by atoms with van der Waals surface area (Å²) in [4.78, 5) is 12.6. The summed E-state index contributed by atoms with van der Waals surface area (Å²) in [6.07, 6.45) is -4.27. The summed E-state index contributed by atoms with van der Waals surface area (Å²) in [6.45, 7) is 0.142. The molecule has 0 unspecified atom stereocenters. The number of ether oxygens (including phenoxy) is 1. The number of nitrogens with one attached hydrogen (secondary N) is 1. The van der Waals surface area contributed by atoms with E-state index in [1.807, 2.05) is 0 Å².